The first-order valence-corrected chi connectivity index (χ1v) is 16.2. The SMILES string of the molecule is C/C=C(/C(=O)NCc1cccc(C)c1)c1cccc(OC(C)C)c1CCCCN(CC)CCN(CC)Cc1ccc(F)cc1. The predicted molar refractivity (Wildman–Crippen MR) is 181 cm³/mol. The smallest absolute Gasteiger partial charge is 0.251 e. The lowest BCUT2D eigenvalue weighted by atomic mass is 9.94. The van der Waals surface area contributed by atoms with Crippen molar-refractivity contribution in [3.05, 3.63) is 106 Å². The van der Waals surface area contributed by atoms with Crippen molar-refractivity contribution in [3.8, 4) is 5.75 Å². The summed E-state index contributed by atoms with van der Waals surface area (Å²) in [6.45, 7) is 18.7. The molecule has 0 heterocycles. The van der Waals surface area contributed by atoms with Crippen molar-refractivity contribution in [2.75, 3.05) is 32.7 Å². The van der Waals surface area contributed by atoms with E-state index in [-0.39, 0.29) is 17.8 Å². The summed E-state index contributed by atoms with van der Waals surface area (Å²) < 4.78 is 19.5. The van der Waals surface area contributed by atoms with Crippen LogP contribution in [0.5, 0.6) is 5.75 Å². The van der Waals surface area contributed by atoms with E-state index in [1.54, 1.807) is 0 Å². The number of carbonyl (C=O) groups excluding carboxylic acids is 1. The van der Waals surface area contributed by atoms with Crippen molar-refractivity contribution in [1.82, 2.24) is 15.1 Å². The van der Waals surface area contributed by atoms with Gasteiger partial charge >= 0.3 is 0 Å². The molecule has 5 nitrogen and oxygen atoms in total. The Bertz CT molecular complexity index is 1340. The van der Waals surface area contributed by atoms with E-state index in [0.717, 1.165) is 86.5 Å². The van der Waals surface area contributed by atoms with Gasteiger partial charge in [-0.3, -0.25) is 9.69 Å². The molecule has 3 rings (SSSR count). The highest BCUT2D eigenvalue weighted by atomic mass is 19.1. The summed E-state index contributed by atoms with van der Waals surface area (Å²) in [7, 11) is 0. The molecule has 1 amide bonds. The molecule has 44 heavy (non-hydrogen) atoms. The van der Waals surface area contributed by atoms with Crippen LogP contribution in [0.1, 0.15) is 75.3 Å². The molecule has 1 N–H and O–H groups in total. The highest BCUT2D eigenvalue weighted by Gasteiger charge is 2.19. The zero-order valence-corrected chi connectivity index (χ0v) is 27.7. The Labute approximate surface area is 265 Å². The molecule has 0 unspecified atom stereocenters. The number of rotatable bonds is 18. The Balaban J connectivity index is 1.61. The molecule has 3 aromatic carbocycles. The van der Waals surface area contributed by atoms with Gasteiger partial charge in [0.25, 0.3) is 5.91 Å². The van der Waals surface area contributed by atoms with E-state index < -0.39 is 0 Å². The first kappa shape index (κ1) is 35.0. The van der Waals surface area contributed by atoms with Crippen LogP contribution in [0, 0.1) is 12.7 Å². The van der Waals surface area contributed by atoms with Crippen LogP contribution in [-0.2, 0) is 24.3 Å². The average molecular weight is 602 g/mol. The van der Waals surface area contributed by atoms with Gasteiger partial charge in [0.15, 0.2) is 0 Å². The number of likely N-dealkylation sites (N-methyl/N-ethyl adjacent to an activating group) is 2. The molecule has 0 fully saturated rings. The summed E-state index contributed by atoms with van der Waals surface area (Å²) in [4.78, 5) is 18.3. The van der Waals surface area contributed by atoms with Crippen LogP contribution in [0.3, 0.4) is 0 Å². The van der Waals surface area contributed by atoms with Crippen LogP contribution in [0.4, 0.5) is 4.39 Å². The molecule has 0 aromatic heterocycles. The minimum atomic E-state index is -0.192. The standard InChI is InChI=1S/C38H52FN3O2/c1-7-34(38(43)40-27-32-15-12-14-30(6)26-32)35-17-13-18-37(44-29(4)5)36(35)16-10-11-23-41(8-2)24-25-42(9-3)28-31-19-21-33(39)22-20-31/h7,12-15,17-22,26,29H,8-11,16,23-25,27-28H2,1-6H3,(H,40,43)/b34-7+. The molecule has 0 spiro atoms. The molecule has 0 radical (unpaired) electrons. The van der Waals surface area contributed by atoms with Crippen LogP contribution in [0.15, 0.2) is 72.8 Å². The van der Waals surface area contributed by atoms with Crippen LogP contribution >= 0.6 is 0 Å². The molecule has 0 aliphatic rings. The summed E-state index contributed by atoms with van der Waals surface area (Å²) in [5, 5.41) is 3.12. The number of nitrogens with one attached hydrogen (secondary N) is 1. The van der Waals surface area contributed by atoms with Gasteiger partial charge in [-0.25, -0.2) is 4.39 Å². The van der Waals surface area contributed by atoms with Gasteiger partial charge in [0, 0.05) is 37.3 Å². The third-order valence-electron chi connectivity index (χ3n) is 7.95. The highest BCUT2D eigenvalue weighted by molar-refractivity contribution is 6.19. The molecular weight excluding hydrogens is 549 g/mol. The van der Waals surface area contributed by atoms with Crippen molar-refractivity contribution < 1.29 is 13.9 Å². The van der Waals surface area contributed by atoms with Crippen molar-refractivity contribution in [2.24, 2.45) is 0 Å². The zero-order valence-electron chi connectivity index (χ0n) is 27.7. The second kappa shape index (κ2) is 18.4. The van der Waals surface area contributed by atoms with Gasteiger partial charge in [0.2, 0.25) is 0 Å². The van der Waals surface area contributed by atoms with E-state index in [4.69, 9.17) is 4.74 Å². The highest BCUT2D eigenvalue weighted by Crippen LogP contribution is 2.30. The molecule has 0 saturated carbocycles. The Morgan fingerprint density at radius 3 is 2.27 bits per heavy atom. The van der Waals surface area contributed by atoms with E-state index in [1.807, 2.05) is 69.3 Å². The maximum atomic E-state index is 13.4. The Kier molecular flexibility index (Phi) is 14.6. The van der Waals surface area contributed by atoms with Crippen LogP contribution in [-0.4, -0.2) is 54.5 Å². The van der Waals surface area contributed by atoms with Crippen molar-refractivity contribution in [2.45, 2.75) is 80.0 Å². The maximum Gasteiger partial charge on any atom is 0.251 e. The summed E-state index contributed by atoms with van der Waals surface area (Å²) in [6.07, 6.45) is 4.84. The summed E-state index contributed by atoms with van der Waals surface area (Å²) in [5.74, 6) is 0.591. The van der Waals surface area contributed by atoms with Crippen LogP contribution in [0.25, 0.3) is 5.57 Å². The lowest BCUT2D eigenvalue weighted by Gasteiger charge is -2.26. The Hall–Kier alpha value is -3.48. The normalized spacial score (nSPS) is 11.9. The quantitative estimate of drug-likeness (QED) is 0.119. The number of aryl methyl sites for hydroxylation is 1. The third-order valence-corrected chi connectivity index (χ3v) is 7.95. The molecule has 238 valence electrons. The van der Waals surface area contributed by atoms with Crippen molar-refractivity contribution in [3.63, 3.8) is 0 Å². The number of ether oxygens (including phenoxy) is 1. The third kappa shape index (κ3) is 11.2. The van der Waals surface area contributed by atoms with Gasteiger partial charge < -0.3 is 15.0 Å². The number of halogens is 1. The lowest BCUT2D eigenvalue weighted by molar-refractivity contribution is -0.115. The number of allylic oxidation sites excluding steroid dienone is 1. The fraction of sp³-hybridized carbons (Fsp3) is 0.447. The topological polar surface area (TPSA) is 44.8 Å². The molecular formula is C38H52FN3O2. The zero-order chi connectivity index (χ0) is 31.9. The maximum absolute atomic E-state index is 13.4. The van der Waals surface area contributed by atoms with E-state index in [0.29, 0.717) is 12.1 Å². The fourth-order valence-electron chi connectivity index (χ4n) is 5.49. The number of hydrogen-bond donors (Lipinski definition) is 1. The summed E-state index contributed by atoms with van der Waals surface area (Å²) in [5.41, 5.74) is 6.12. The van der Waals surface area contributed by atoms with E-state index in [9.17, 15) is 9.18 Å². The average Bonchev–Trinajstić information content (AvgIpc) is 3.01. The summed E-state index contributed by atoms with van der Waals surface area (Å²) >= 11 is 0. The number of amides is 1. The molecule has 0 aliphatic heterocycles. The molecule has 3 aromatic rings. The monoisotopic (exact) mass is 601 g/mol. The fourth-order valence-corrected chi connectivity index (χ4v) is 5.49. The van der Waals surface area contributed by atoms with Crippen LogP contribution in [0.2, 0.25) is 0 Å². The Morgan fingerprint density at radius 1 is 0.909 bits per heavy atom. The number of nitrogens with zero attached hydrogens (tertiary/aromatic N) is 2. The first-order valence-electron chi connectivity index (χ1n) is 16.2. The molecule has 0 saturated heterocycles. The molecule has 0 atom stereocenters. The minimum Gasteiger partial charge on any atom is -0.491 e. The summed E-state index contributed by atoms with van der Waals surface area (Å²) in [6, 6.07) is 21.1. The predicted octanol–water partition coefficient (Wildman–Crippen LogP) is 7.81. The lowest BCUT2D eigenvalue weighted by Crippen LogP contribution is -2.35. The number of carbonyl (C=O) groups is 1. The van der Waals surface area contributed by atoms with Crippen LogP contribution < -0.4 is 10.1 Å². The second-order valence-electron chi connectivity index (χ2n) is 11.7. The molecule has 0 bridgehead atoms. The largest absolute Gasteiger partial charge is 0.491 e. The number of benzene rings is 3. The second-order valence-corrected chi connectivity index (χ2v) is 11.7. The Morgan fingerprint density at radius 2 is 1.61 bits per heavy atom. The van der Waals surface area contributed by atoms with E-state index in [1.165, 1.54) is 17.7 Å². The first-order chi connectivity index (χ1) is 21.2. The van der Waals surface area contributed by atoms with Gasteiger partial charge in [-0.15, -0.1) is 0 Å². The molecule has 0 aliphatic carbocycles. The number of hydrogen-bond acceptors (Lipinski definition) is 4. The van der Waals surface area contributed by atoms with E-state index in [2.05, 4.69) is 48.0 Å². The van der Waals surface area contributed by atoms with Gasteiger partial charge in [0.05, 0.1) is 6.10 Å². The molecule has 6 heteroatoms. The van der Waals surface area contributed by atoms with Crippen molar-refractivity contribution >= 4 is 11.5 Å². The van der Waals surface area contributed by atoms with Gasteiger partial charge in [0.1, 0.15) is 11.6 Å². The van der Waals surface area contributed by atoms with Gasteiger partial charge in [-0.1, -0.05) is 74.0 Å². The van der Waals surface area contributed by atoms with Crippen molar-refractivity contribution in [1.29, 1.82) is 0 Å². The number of unbranched alkanes of at least 4 members (excludes halogenated alkanes) is 1. The minimum absolute atomic E-state index is 0.0419. The van der Waals surface area contributed by atoms with E-state index >= 15 is 0 Å². The van der Waals surface area contributed by atoms with Gasteiger partial charge in [-0.05, 0) is 101 Å². The van der Waals surface area contributed by atoms with Gasteiger partial charge in [-0.2, -0.15) is 0 Å².